The van der Waals surface area contributed by atoms with Crippen LogP contribution in [0.1, 0.15) is 15.9 Å². The van der Waals surface area contributed by atoms with Crippen molar-refractivity contribution in [1.82, 2.24) is 0 Å². The van der Waals surface area contributed by atoms with E-state index in [1.165, 1.54) is 0 Å². The van der Waals surface area contributed by atoms with Gasteiger partial charge in [-0.15, -0.1) is 0 Å². The summed E-state index contributed by atoms with van der Waals surface area (Å²) in [6.07, 6.45) is 0. The van der Waals surface area contributed by atoms with Crippen LogP contribution >= 0.6 is 0 Å². The maximum absolute atomic E-state index is 11.0. The summed E-state index contributed by atoms with van der Waals surface area (Å²) < 4.78 is 5.12. The van der Waals surface area contributed by atoms with Crippen molar-refractivity contribution in [3.63, 3.8) is 0 Å². The molecule has 0 atom stereocenters. The number of carboxylic acids is 1. The summed E-state index contributed by atoms with van der Waals surface area (Å²) in [5, 5.41) is 10.9. The van der Waals surface area contributed by atoms with Crippen LogP contribution < -0.4 is 4.74 Å². The maximum atomic E-state index is 11.0. The first-order chi connectivity index (χ1) is 7.63. The molecule has 3 nitrogen and oxygen atoms in total. The molecule has 0 amide bonds. The van der Waals surface area contributed by atoms with Crippen LogP contribution in [0, 0.1) is 6.92 Å². The number of aryl methyl sites for hydroxylation is 1. The van der Waals surface area contributed by atoms with E-state index >= 15 is 0 Å². The van der Waals surface area contributed by atoms with E-state index in [-0.39, 0.29) is 0 Å². The highest BCUT2D eigenvalue weighted by molar-refractivity contribution is 5.98. The third-order valence-corrected chi connectivity index (χ3v) is 2.73. The Morgan fingerprint density at radius 3 is 2.62 bits per heavy atom. The van der Waals surface area contributed by atoms with Crippen LogP contribution in [0.25, 0.3) is 10.8 Å². The zero-order valence-electron chi connectivity index (χ0n) is 9.15. The summed E-state index contributed by atoms with van der Waals surface area (Å²) >= 11 is 0. The number of aromatic carboxylic acids is 1. The lowest BCUT2D eigenvalue weighted by atomic mass is 10.00. The van der Waals surface area contributed by atoms with Crippen molar-refractivity contribution in [3.05, 3.63) is 41.5 Å². The molecule has 3 heteroatoms. The van der Waals surface area contributed by atoms with Gasteiger partial charge in [-0.05, 0) is 41.5 Å². The van der Waals surface area contributed by atoms with Gasteiger partial charge < -0.3 is 9.84 Å². The molecular weight excluding hydrogens is 204 g/mol. The number of carboxylic acid groups (broad SMARTS) is 1. The van der Waals surface area contributed by atoms with E-state index in [0.717, 1.165) is 22.1 Å². The van der Waals surface area contributed by atoms with E-state index in [0.29, 0.717) is 5.56 Å². The highest BCUT2D eigenvalue weighted by Gasteiger charge is 2.09. The average molecular weight is 216 g/mol. The molecule has 0 fully saturated rings. The molecule has 0 aliphatic heterocycles. The quantitative estimate of drug-likeness (QED) is 0.839. The first kappa shape index (κ1) is 10.5. The Bertz CT molecular complexity index is 558. The number of ether oxygens (including phenoxy) is 1. The zero-order valence-corrected chi connectivity index (χ0v) is 9.15. The summed E-state index contributed by atoms with van der Waals surface area (Å²) in [4.78, 5) is 11.0. The Morgan fingerprint density at radius 1 is 1.25 bits per heavy atom. The first-order valence-electron chi connectivity index (χ1n) is 4.94. The molecule has 1 N–H and O–H groups in total. The molecule has 0 bridgehead atoms. The topological polar surface area (TPSA) is 46.5 Å². The Hall–Kier alpha value is -2.03. The molecule has 0 saturated carbocycles. The van der Waals surface area contributed by atoms with Gasteiger partial charge in [0.15, 0.2) is 0 Å². The fourth-order valence-corrected chi connectivity index (χ4v) is 1.82. The summed E-state index contributed by atoms with van der Waals surface area (Å²) in [6, 6.07) is 9.04. The molecule has 0 aromatic heterocycles. The van der Waals surface area contributed by atoms with Crippen molar-refractivity contribution in [3.8, 4) is 5.75 Å². The van der Waals surface area contributed by atoms with Crippen LogP contribution in [-0.2, 0) is 0 Å². The van der Waals surface area contributed by atoms with E-state index in [1.807, 2.05) is 25.1 Å². The Balaban J connectivity index is 2.71. The van der Waals surface area contributed by atoms with E-state index in [2.05, 4.69) is 0 Å². The number of rotatable bonds is 2. The van der Waals surface area contributed by atoms with Gasteiger partial charge in [0, 0.05) is 0 Å². The monoisotopic (exact) mass is 216 g/mol. The minimum absolute atomic E-state index is 0.345. The number of methoxy groups -OCH3 is 1. The van der Waals surface area contributed by atoms with Gasteiger partial charge in [0.1, 0.15) is 5.75 Å². The van der Waals surface area contributed by atoms with Gasteiger partial charge in [-0.25, -0.2) is 4.79 Å². The van der Waals surface area contributed by atoms with E-state index < -0.39 is 5.97 Å². The number of hydrogen-bond donors (Lipinski definition) is 1. The third kappa shape index (κ3) is 1.60. The molecule has 0 unspecified atom stereocenters. The maximum Gasteiger partial charge on any atom is 0.335 e. The number of hydrogen-bond acceptors (Lipinski definition) is 2. The largest absolute Gasteiger partial charge is 0.497 e. The van der Waals surface area contributed by atoms with Crippen molar-refractivity contribution in [2.45, 2.75) is 6.92 Å². The van der Waals surface area contributed by atoms with Gasteiger partial charge in [-0.1, -0.05) is 12.1 Å². The predicted octanol–water partition coefficient (Wildman–Crippen LogP) is 2.86. The third-order valence-electron chi connectivity index (χ3n) is 2.73. The predicted molar refractivity (Wildman–Crippen MR) is 62.2 cm³/mol. The van der Waals surface area contributed by atoms with Crippen molar-refractivity contribution in [1.29, 1.82) is 0 Å². The lowest BCUT2D eigenvalue weighted by Gasteiger charge is -2.07. The van der Waals surface area contributed by atoms with Gasteiger partial charge in [-0.3, -0.25) is 0 Å². The molecule has 0 heterocycles. The summed E-state index contributed by atoms with van der Waals surface area (Å²) in [6.45, 7) is 1.82. The molecule has 0 aliphatic carbocycles. The smallest absolute Gasteiger partial charge is 0.335 e. The molecule has 0 saturated heterocycles. The van der Waals surface area contributed by atoms with Crippen LogP contribution in [0.3, 0.4) is 0 Å². The fraction of sp³-hybridized carbons (Fsp3) is 0.154. The number of benzene rings is 2. The fourth-order valence-electron chi connectivity index (χ4n) is 1.82. The molecule has 82 valence electrons. The molecule has 2 aromatic rings. The normalized spacial score (nSPS) is 10.4. The molecule has 2 rings (SSSR count). The molecule has 0 aliphatic rings. The average Bonchev–Trinajstić information content (AvgIpc) is 2.28. The van der Waals surface area contributed by atoms with E-state index in [4.69, 9.17) is 9.84 Å². The lowest BCUT2D eigenvalue weighted by molar-refractivity contribution is 0.0696. The van der Waals surface area contributed by atoms with Gasteiger partial charge in [-0.2, -0.15) is 0 Å². The summed E-state index contributed by atoms with van der Waals surface area (Å²) in [5.74, 6) is -0.120. The van der Waals surface area contributed by atoms with Crippen LogP contribution in [-0.4, -0.2) is 18.2 Å². The van der Waals surface area contributed by atoms with Gasteiger partial charge in [0.2, 0.25) is 0 Å². The first-order valence-corrected chi connectivity index (χ1v) is 4.94. The Labute approximate surface area is 93.3 Å². The van der Waals surface area contributed by atoms with Gasteiger partial charge >= 0.3 is 5.97 Å². The van der Waals surface area contributed by atoms with Crippen LogP contribution in [0.5, 0.6) is 5.75 Å². The highest BCUT2D eigenvalue weighted by Crippen LogP contribution is 2.25. The van der Waals surface area contributed by atoms with Crippen molar-refractivity contribution >= 4 is 16.7 Å². The lowest BCUT2D eigenvalue weighted by Crippen LogP contribution is -1.99. The molecule has 0 radical (unpaired) electrons. The number of fused-ring (bicyclic) bond motifs is 1. The second-order valence-electron chi connectivity index (χ2n) is 3.63. The molecular formula is C13H12O3. The van der Waals surface area contributed by atoms with Crippen LogP contribution in [0.15, 0.2) is 30.3 Å². The minimum atomic E-state index is -0.893. The Morgan fingerprint density at radius 2 is 2.00 bits per heavy atom. The molecule has 16 heavy (non-hydrogen) atoms. The van der Waals surface area contributed by atoms with Gasteiger partial charge in [0.05, 0.1) is 12.7 Å². The molecule has 2 aromatic carbocycles. The van der Waals surface area contributed by atoms with Crippen LogP contribution in [0.4, 0.5) is 0 Å². The highest BCUT2D eigenvalue weighted by atomic mass is 16.5. The summed E-state index contributed by atoms with van der Waals surface area (Å²) in [7, 11) is 1.61. The Kier molecular flexibility index (Phi) is 2.52. The van der Waals surface area contributed by atoms with Crippen molar-refractivity contribution in [2.24, 2.45) is 0 Å². The summed E-state index contributed by atoms with van der Waals surface area (Å²) in [5.41, 5.74) is 1.13. The zero-order chi connectivity index (χ0) is 11.7. The molecule has 0 spiro atoms. The second kappa shape index (κ2) is 3.85. The van der Waals surface area contributed by atoms with E-state index in [1.54, 1.807) is 19.2 Å². The minimum Gasteiger partial charge on any atom is -0.497 e. The standard InChI is InChI=1S/C13H12O3/c1-8-11-6-4-10(16-2)7-9(11)3-5-12(8)13(14)15/h3-7H,1-2H3,(H,14,15). The van der Waals surface area contributed by atoms with Crippen molar-refractivity contribution in [2.75, 3.05) is 7.11 Å². The number of carbonyl (C=O) groups is 1. The van der Waals surface area contributed by atoms with Crippen LogP contribution in [0.2, 0.25) is 0 Å². The van der Waals surface area contributed by atoms with Crippen molar-refractivity contribution < 1.29 is 14.6 Å². The second-order valence-corrected chi connectivity index (χ2v) is 3.63. The SMILES string of the molecule is COc1ccc2c(C)c(C(=O)O)ccc2c1. The van der Waals surface area contributed by atoms with E-state index in [9.17, 15) is 4.79 Å². The van der Waals surface area contributed by atoms with Gasteiger partial charge in [0.25, 0.3) is 0 Å².